The van der Waals surface area contributed by atoms with Crippen LogP contribution in [0.3, 0.4) is 0 Å². The van der Waals surface area contributed by atoms with E-state index >= 15 is 0 Å². The summed E-state index contributed by atoms with van der Waals surface area (Å²) in [6, 6.07) is 0. The maximum absolute atomic E-state index is 3.89. The highest BCUT2D eigenvalue weighted by Gasteiger charge is 2.14. The first-order chi connectivity index (χ1) is 6.13. The van der Waals surface area contributed by atoms with Crippen LogP contribution in [-0.4, -0.2) is 0 Å². The Morgan fingerprint density at radius 2 is 2.08 bits per heavy atom. The standard InChI is InChI=1S/C13H20/c1-5-12-9-11(4)6-7-13(12)8-10(2)3/h5,8,11H,1,6-7,9H2,2-4H3. The molecule has 1 aliphatic rings. The van der Waals surface area contributed by atoms with Crippen molar-refractivity contribution in [1.29, 1.82) is 0 Å². The zero-order valence-electron chi connectivity index (χ0n) is 9.06. The summed E-state index contributed by atoms with van der Waals surface area (Å²) in [6.07, 6.45) is 8.11. The van der Waals surface area contributed by atoms with E-state index in [1.807, 2.05) is 6.08 Å². The smallest absolute Gasteiger partial charge is 0.0250 e. The maximum Gasteiger partial charge on any atom is -0.0250 e. The molecule has 1 rings (SSSR count). The summed E-state index contributed by atoms with van der Waals surface area (Å²) in [7, 11) is 0. The molecule has 0 bridgehead atoms. The van der Waals surface area contributed by atoms with Gasteiger partial charge in [0.1, 0.15) is 0 Å². The molecular formula is C13H20. The lowest BCUT2D eigenvalue weighted by Gasteiger charge is -2.21. The molecule has 0 radical (unpaired) electrons. The quantitative estimate of drug-likeness (QED) is 0.590. The largest absolute Gasteiger partial charge is 0.0988 e. The molecule has 0 heterocycles. The van der Waals surface area contributed by atoms with Crippen molar-refractivity contribution in [3.63, 3.8) is 0 Å². The van der Waals surface area contributed by atoms with Crippen molar-refractivity contribution in [2.45, 2.75) is 40.0 Å². The molecule has 0 aromatic rings. The molecule has 1 atom stereocenters. The van der Waals surface area contributed by atoms with Gasteiger partial charge in [0, 0.05) is 0 Å². The third-order valence-electron chi connectivity index (χ3n) is 2.60. The van der Waals surface area contributed by atoms with E-state index in [9.17, 15) is 0 Å². The van der Waals surface area contributed by atoms with E-state index in [0.717, 1.165) is 5.92 Å². The highest BCUT2D eigenvalue weighted by atomic mass is 14.2. The fourth-order valence-electron chi connectivity index (χ4n) is 1.90. The summed E-state index contributed by atoms with van der Waals surface area (Å²) in [4.78, 5) is 0. The normalized spacial score (nSPS) is 22.8. The van der Waals surface area contributed by atoms with Gasteiger partial charge >= 0.3 is 0 Å². The number of allylic oxidation sites excluding steroid dienone is 5. The fraction of sp³-hybridized carbons (Fsp3) is 0.538. The lowest BCUT2D eigenvalue weighted by Crippen LogP contribution is -2.05. The van der Waals surface area contributed by atoms with Crippen LogP contribution in [0, 0.1) is 5.92 Å². The summed E-state index contributed by atoms with van der Waals surface area (Å²) in [5.41, 5.74) is 4.36. The second-order valence-corrected chi connectivity index (χ2v) is 4.32. The summed E-state index contributed by atoms with van der Waals surface area (Å²) < 4.78 is 0. The van der Waals surface area contributed by atoms with Crippen molar-refractivity contribution in [3.05, 3.63) is 35.5 Å². The summed E-state index contributed by atoms with van der Waals surface area (Å²) in [5.74, 6) is 0.835. The van der Waals surface area contributed by atoms with E-state index in [0.29, 0.717) is 0 Å². The van der Waals surface area contributed by atoms with Crippen LogP contribution in [0.1, 0.15) is 40.0 Å². The van der Waals surface area contributed by atoms with Crippen molar-refractivity contribution < 1.29 is 0 Å². The maximum atomic E-state index is 3.89. The van der Waals surface area contributed by atoms with E-state index in [1.54, 1.807) is 0 Å². The van der Waals surface area contributed by atoms with Crippen LogP contribution < -0.4 is 0 Å². The van der Waals surface area contributed by atoms with Crippen LogP contribution in [0.4, 0.5) is 0 Å². The highest BCUT2D eigenvalue weighted by Crippen LogP contribution is 2.30. The van der Waals surface area contributed by atoms with E-state index in [2.05, 4.69) is 33.4 Å². The van der Waals surface area contributed by atoms with E-state index in [-0.39, 0.29) is 0 Å². The molecule has 0 spiro atoms. The van der Waals surface area contributed by atoms with Gasteiger partial charge in [-0.3, -0.25) is 0 Å². The monoisotopic (exact) mass is 176 g/mol. The van der Waals surface area contributed by atoms with Crippen LogP contribution >= 0.6 is 0 Å². The van der Waals surface area contributed by atoms with Crippen molar-refractivity contribution in [1.82, 2.24) is 0 Å². The lowest BCUT2D eigenvalue weighted by molar-refractivity contribution is 0.506. The summed E-state index contributed by atoms with van der Waals surface area (Å²) in [5, 5.41) is 0. The fourth-order valence-corrected chi connectivity index (χ4v) is 1.90. The third-order valence-corrected chi connectivity index (χ3v) is 2.60. The molecule has 0 aliphatic heterocycles. The zero-order valence-corrected chi connectivity index (χ0v) is 9.06. The number of rotatable bonds is 2. The Kier molecular flexibility index (Phi) is 3.53. The van der Waals surface area contributed by atoms with E-state index in [1.165, 1.54) is 36.0 Å². The SMILES string of the molecule is C=CC1=C(C=C(C)C)CCC(C)C1. The van der Waals surface area contributed by atoms with Crippen LogP contribution in [0.2, 0.25) is 0 Å². The van der Waals surface area contributed by atoms with Crippen molar-refractivity contribution in [3.8, 4) is 0 Å². The first kappa shape index (κ1) is 10.3. The summed E-state index contributed by atoms with van der Waals surface area (Å²) in [6.45, 7) is 10.5. The molecule has 1 aliphatic carbocycles. The lowest BCUT2D eigenvalue weighted by atomic mass is 9.84. The molecule has 0 heteroatoms. The Morgan fingerprint density at radius 1 is 1.38 bits per heavy atom. The Bertz CT molecular complexity index is 249. The van der Waals surface area contributed by atoms with E-state index < -0.39 is 0 Å². The summed E-state index contributed by atoms with van der Waals surface area (Å²) >= 11 is 0. The Hall–Kier alpha value is -0.780. The Morgan fingerprint density at radius 3 is 2.62 bits per heavy atom. The van der Waals surface area contributed by atoms with Gasteiger partial charge in [0.15, 0.2) is 0 Å². The molecule has 0 aromatic carbocycles. The highest BCUT2D eigenvalue weighted by molar-refractivity contribution is 5.35. The van der Waals surface area contributed by atoms with Gasteiger partial charge in [-0.15, -0.1) is 0 Å². The van der Waals surface area contributed by atoms with Gasteiger partial charge in [-0.2, -0.15) is 0 Å². The molecule has 0 nitrogen and oxygen atoms in total. The van der Waals surface area contributed by atoms with Crippen molar-refractivity contribution in [2.24, 2.45) is 5.92 Å². The molecule has 0 N–H and O–H groups in total. The molecule has 0 aromatic heterocycles. The molecule has 1 unspecified atom stereocenters. The number of hydrogen-bond acceptors (Lipinski definition) is 0. The number of hydrogen-bond donors (Lipinski definition) is 0. The van der Waals surface area contributed by atoms with Crippen molar-refractivity contribution >= 4 is 0 Å². The van der Waals surface area contributed by atoms with Crippen molar-refractivity contribution in [2.75, 3.05) is 0 Å². The predicted molar refractivity (Wildman–Crippen MR) is 59.7 cm³/mol. The average Bonchev–Trinajstić information content (AvgIpc) is 2.07. The van der Waals surface area contributed by atoms with Gasteiger partial charge in [-0.1, -0.05) is 31.2 Å². The zero-order chi connectivity index (χ0) is 9.84. The first-order valence-corrected chi connectivity index (χ1v) is 5.13. The molecular weight excluding hydrogens is 156 g/mol. The van der Waals surface area contributed by atoms with E-state index in [4.69, 9.17) is 0 Å². The van der Waals surface area contributed by atoms with Gasteiger partial charge in [0.25, 0.3) is 0 Å². The van der Waals surface area contributed by atoms with Gasteiger partial charge in [-0.25, -0.2) is 0 Å². The molecule has 72 valence electrons. The second kappa shape index (κ2) is 4.45. The molecule has 0 saturated carbocycles. The van der Waals surface area contributed by atoms with Gasteiger partial charge in [0.2, 0.25) is 0 Å². The minimum absolute atomic E-state index is 0.835. The molecule has 0 saturated heterocycles. The first-order valence-electron chi connectivity index (χ1n) is 5.13. The molecule has 0 fully saturated rings. The van der Waals surface area contributed by atoms with Crippen LogP contribution in [0.5, 0.6) is 0 Å². The minimum Gasteiger partial charge on any atom is -0.0988 e. The van der Waals surface area contributed by atoms with Crippen LogP contribution in [0.15, 0.2) is 35.5 Å². The average molecular weight is 176 g/mol. The topological polar surface area (TPSA) is 0 Å². The second-order valence-electron chi connectivity index (χ2n) is 4.32. The van der Waals surface area contributed by atoms with Gasteiger partial charge in [0.05, 0.1) is 0 Å². The van der Waals surface area contributed by atoms with Gasteiger partial charge < -0.3 is 0 Å². The van der Waals surface area contributed by atoms with Crippen LogP contribution in [-0.2, 0) is 0 Å². The Labute approximate surface area is 82.0 Å². The minimum atomic E-state index is 0.835. The third kappa shape index (κ3) is 2.87. The van der Waals surface area contributed by atoms with Crippen LogP contribution in [0.25, 0.3) is 0 Å². The Balaban J connectivity index is 2.89. The van der Waals surface area contributed by atoms with Gasteiger partial charge in [-0.05, 0) is 50.2 Å². The predicted octanol–water partition coefficient (Wildman–Crippen LogP) is 4.26. The molecule has 0 amide bonds. The molecule has 13 heavy (non-hydrogen) atoms.